The van der Waals surface area contributed by atoms with Crippen molar-refractivity contribution in [3.05, 3.63) is 42.6 Å². The van der Waals surface area contributed by atoms with E-state index in [1.807, 2.05) is 31.7 Å². The Kier molecular flexibility index (Phi) is 6.51. The lowest BCUT2D eigenvalue weighted by atomic mass is 9.79. The van der Waals surface area contributed by atoms with Crippen LogP contribution in [0, 0.1) is 11.8 Å². The molecule has 5 rings (SSSR count). The van der Waals surface area contributed by atoms with Crippen molar-refractivity contribution in [2.75, 3.05) is 39.8 Å². The minimum atomic E-state index is 0.162. The molecule has 174 valence electrons. The Morgan fingerprint density at radius 2 is 1.79 bits per heavy atom. The van der Waals surface area contributed by atoms with E-state index < -0.39 is 0 Å². The number of rotatable bonds is 6. The lowest BCUT2D eigenvalue weighted by Crippen LogP contribution is -2.46. The zero-order valence-electron chi connectivity index (χ0n) is 19.8. The van der Waals surface area contributed by atoms with E-state index in [2.05, 4.69) is 39.1 Å². The van der Waals surface area contributed by atoms with Gasteiger partial charge in [0.25, 0.3) is 0 Å². The second-order valence-electron chi connectivity index (χ2n) is 9.93. The van der Waals surface area contributed by atoms with Gasteiger partial charge in [0.05, 0.1) is 18.1 Å². The maximum Gasteiger partial charge on any atom is 0.143 e. The fraction of sp³-hybridized carbons (Fsp3) is 0.538. The number of likely N-dealkylation sites (N-methyl/N-ethyl adjacent to an activating group) is 1. The highest BCUT2D eigenvalue weighted by Crippen LogP contribution is 2.31. The van der Waals surface area contributed by atoms with E-state index in [1.54, 1.807) is 4.68 Å². The van der Waals surface area contributed by atoms with Gasteiger partial charge in [-0.1, -0.05) is 12.1 Å². The Bertz CT molecular complexity index is 1110. The monoisotopic (exact) mass is 446 g/mol. The summed E-state index contributed by atoms with van der Waals surface area (Å²) in [5.74, 6) is 1.83. The zero-order chi connectivity index (χ0) is 22.8. The van der Waals surface area contributed by atoms with Crippen LogP contribution in [0.5, 0.6) is 0 Å². The summed E-state index contributed by atoms with van der Waals surface area (Å²) >= 11 is 0. The molecule has 0 bridgehead atoms. The van der Waals surface area contributed by atoms with E-state index >= 15 is 0 Å². The molecule has 0 unspecified atom stereocenters. The predicted octanol–water partition coefficient (Wildman–Crippen LogP) is 3.20. The van der Waals surface area contributed by atoms with Gasteiger partial charge >= 0.3 is 0 Å². The van der Waals surface area contributed by atoms with Crippen LogP contribution < -0.4 is 0 Å². The lowest BCUT2D eigenvalue weighted by Gasteiger charge is -2.36. The number of benzene rings is 1. The fourth-order valence-electron chi connectivity index (χ4n) is 5.26. The number of carbonyl (C=O) groups is 1. The van der Waals surface area contributed by atoms with Crippen LogP contribution in [0.1, 0.15) is 31.5 Å². The second-order valence-corrected chi connectivity index (χ2v) is 9.93. The quantitative estimate of drug-likeness (QED) is 0.579. The normalized spacial score (nSPS) is 22.6. The summed E-state index contributed by atoms with van der Waals surface area (Å²) in [6.45, 7) is 5.89. The van der Waals surface area contributed by atoms with Crippen LogP contribution in [0.3, 0.4) is 0 Å². The van der Waals surface area contributed by atoms with E-state index in [9.17, 15) is 4.79 Å². The largest absolute Gasteiger partial charge is 0.304 e. The van der Waals surface area contributed by atoms with E-state index in [0.717, 1.165) is 53.6 Å². The van der Waals surface area contributed by atoms with Gasteiger partial charge in [0.2, 0.25) is 0 Å². The van der Waals surface area contributed by atoms with Crippen LogP contribution >= 0.6 is 0 Å². The van der Waals surface area contributed by atoms with Crippen LogP contribution in [0.2, 0.25) is 0 Å². The van der Waals surface area contributed by atoms with E-state index in [0.29, 0.717) is 18.0 Å². The number of aryl methyl sites for hydroxylation is 1. The molecule has 0 amide bonds. The van der Waals surface area contributed by atoms with Crippen molar-refractivity contribution in [1.29, 1.82) is 0 Å². The van der Waals surface area contributed by atoms with Crippen LogP contribution in [-0.4, -0.2) is 75.1 Å². The van der Waals surface area contributed by atoms with Gasteiger partial charge in [0, 0.05) is 69.0 Å². The zero-order valence-corrected chi connectivity index (χ0v) is 19.8. The van der Waals surface area contributed by atoms with Gasteiger partial charge in [-0.3, -0.25) is 9.48 Å². The third-order valence-corrected chi connectivity index (χ3v) is 7.42. The van der Waals surface area contributed by atoms with Gasteiger partial charge in [-0.2, -0.15) is 5.10 Å². The summed E-state index contributed by atoms with van der Waals surface area (Å²) in [5, 5.41) is 5.25. The number of hydrogen-bond acceptors (Lipinski definition) is 6. The number of piperazine rings is 1. The Labute approximate surface area is 195 Å². The number of nitrogens with zero attached hydrogens (tertiary/aromatic N) is 6. The lowest BCUT2D eigenvalue weighted by molar-refractivity contribution is -0.123. The molecule has 2 aliphatic rings. The Hall–Kier alpha value is -2.64. The molecule has 1 aliphatic carbocycles. The van der Waals surface area contributed by atoms with Gasteiger partial charge in [-0.15, -0.1) is 0 Å². The van der Waals surface area contributed by atoms with Gasteiger partial charge in [0.15, 0.2) is 0 Å². The average Bonchev–Trinajstić information content (AvgIpc) is 3.27. The molecule has 1 aromatic carbocycles. The summed E-state index contributed by atoms with van der Waals surface area (Å²) in [6.07, 6.45) is 10.4. The summed E-state index contributed by atoms with van der Waals surface area (Å²) in [6, 6.07) is 6.16. The molecule has 7 heteroatoms. The topological polar surface area (TPSA) is 67.2 Å². The van der Waals surface area contributed by atoms with E-state index in [1.165, 1.54) is 32.7 Å². The number of hydrogen-bond donors (Lipinski definition) is 0. The van der Waals surface area contributed by atoms with Gasteiger partial charge in [-0.25, -0.2) is 9.97 Å². The standard InChI is InChI=1S/C26H34N6O/c1-30-9-11-32(12-10-30)17-19-3-5-20(6-4-19)25(33)14-26-27-15-22-8-7-21(13-24(22)29-26)23-16-28-31(2)18-23/h7-8,13,15-16,18-20H,3-6,9-12,14,17H2,1-2H3. The first kappa shape index (κ1) is 22.2. The SMILES string of the molecule is CN1CCN(CC2CCC(C(=O)Cc3ncc4ccc(-c5cnn(C)c5)cc4n3)CC2)CC1. The van der Waals surface area contributed by atoms with Gasteiger partial charge in [0.1, 0.15) is 11.6 Å². The van der Waals surface area contributed by atoms with Crippen LogP contribution in [0.15, 0.2) is 36.8 Å². The molecule has 0 N–H and O–H groups in total. The third kappa shape index (κ3) is 5.31. The smallest absolute Gasteiger partial charge is 0.143 e. The second kappa shape index (κ2) is 9.69. The Balaban J connectivity index is 1.18. The van der Waals surface area contributed by atoms with Crippen molar-refractivity contribution < 1.29 is 4.79 Å². The first-order valence-corrected chi connectivity index (χ1v) is 12.2. The minimum absolute atomic E-state index is 0.162. The summed E-state index contributed by atoms with van der Waals surface area (Å²) in [7, 11) is 4.11. The van der Waals surface area contributed by atoms with Crippen molar-refractivity contribution >= 4 is 16.7 Å². The summed E-state index contributed by atoms with van der Waals surface area (Å²) in [5.41, 5.74) is 3.01. The predicted molar refractivity (Wildman–Crippen MR) is 130 cm³/mol. The number of aromatic nitrogens is 4. The maximum absolute atomic E-state index is 13.0. The Morgan fingerprint density at radius 1 is 1.00 bits per heavy atom. The molecule has 1 aliphatic heterocycles. The van der Waals surface area contributed by atoms with Crippen molar-refractivity contribution in [2.24, 2.45) is 18.9 Å². The average molecular weight is 447 g/mol. The molecule has 33 heavy (non-hydrogen) atoms. The molecule has 7 nitrogen and oxygen atoms in total. The van der Waals surface area contributed by atoms with Crippen LogP contribution in [-0.2, 0) is 18.3 Å². The molecule has 0 radical (unpaired) electrons. The van der Waals surface area contributed by atoms with Gasteiger partial charge < -0.3 is 9.80 Å². The van der Waals surface area contributed by atoms with Crippen molar-refractivity contribution in [3.63, 3.8) is 0 Å². The highest BCUT2D eigenvalue weighted by Gasteiger charge is 2.28. The number of Topliss-reactive ketones (excluding diaryl/α,β-unsaturated/α-hetero) is 1. The molecule has 1 saturated carbocycles. The maximum atomic E-state index is 13.0. The molecule has 2 aromatic heterocycles. The molecular formula is C26H34N6O. The molecular weight excluding hydrogens is 412 g/mol. The Morgan fingerprint density at radius 3 is 2.52 bits per heavy atom. The summed E-state index contributed by atoms with van der Waals surface area (Å²) in [4.78, 5) is 27.2. The molecule has 0 spiro atoms. The first-order valence-electron chi connectivity index (χ1n) is 12.2. The molecule has 3 heterocycles. The van der Waals surface area contributed by atoms with Crippen molar-refractivity contribution in [3.8, 4) is 11.1 Å². The van der Waals surface area contributed by atoms with Crippen molar-refractivity contribution in [2.45, 2.75) is 32.1 Å². The summed E-state index contributed by atoms with van der Waals surface area (Å²) < 4.78 is 1.80. The highest BCUT2D eigenvalue weighted by atomic mass is 16.1. The molecule has 1 saturated heterocycles. The highest BCUT2D eigenvalue weighted by molar-refractivity contribution is 5.85. The number of ketones is 1. The van der Waals surface area contributed by atoms with E-state index in [-0.39, 0.29) is 5.92 Å². The first-order chi connectivity index (χ1) is 16.0. The van der Waals surface area contributed by atoms with Gasteiger partial charge in [-0.05, 0) is 50.3 Å². The minimum Gasteiger partial charge on any atom is -0.304 e. The van der Waals surface area contributed by atoms with Crippen LogP contribution in [0.25, 0.3) is 22.0 Å². The third-order valence-electron chi connectivity index (χ3n) is 7.42. The molecule has 3 aromatic rings. The van der Waals surface area contributed by atoms with Crippen LogP contribution in [0.4, 0.5) is 0 Å². The molecule has 2 fully saturated rings. The number of carbonyl (C=O) groups excluding carboxylic acids is 1. The fourth-order valence-corrected chi connectivity index (χ4v) is 5.26. The van der Waals surface area contributed by atoms with E-state index in [4.69, 9.17) is 4.98 Å². The van der Waals surface area contributed by atoms with Crippen molar-refractivity contribution in [1.82, 2.24) is 29.5 Å². The molecule has 0 atom stereocenters. The number of fused-ring (bicyclic) bond motifs is 1.